The van der Waals surface area contributed by atoms with Crippen molar-refractivity contribution in [3.63, 3.8) is 0 Å². The van der Waals surface area contributed by atoms with Crippen LogP contribution in [0.5, 0.6) is 0 Å². The first-order chi connectivity index (χ1) is 6.99. The van der Waals surface area contributed by atoms with Gasteiger partial charge in [0.05, 0.1) is 0 Å². The molecule has 1 aromatic rings. The Labute approximate surface area is 98.6 Å². The molecular formula is C11H19NOS2. The van der Waals surface area contributed by atoms with Crippen molar-refractivity contribution >= 4 is 22.1 Å². The highest BCUT2D eigenvalue weighted by Gasteiger charge is 2.11. The summed E-state index contributed by atoms with van der Waals surface area (Å²) >= 11 is 1.82. The third kappa shape index (κ3) is 4.45. The number of aryl methyl sites for hydroxylation is 1. The maximum atomic E-state index is 11.0. The van der Waals surface area contributed by atoms with Gasteiger partial charge in [-0.25, -0.2) is 0 Å². The Kier molecular flexibility index (Phi) is 4.96. The van der Waals surface area contributed by atoms with Gasteiger partial charge in [0.15, 0.2) is 0 Å². The van der Waals surface area contributed by atoms with E-state index in [1.165, 1.54) is 9.75 Å². The fourth-order valence-electron chi connectivity index (χ4n) is 1.60. The Morgan fingerprint density at radius 1 is 1.47 bits per heavy atom. The molecule has 86 valence electrons. The molecule has 3 atom stereocenters. The van der Waals surface area contributed by atoms with E-state index in [0.29, 0.717) is 17.8 Å². The summed E-state index contributed by atoms with van der Waals surface area (Å²) in [5, 5.41) is 3.46. The first kappa shape index (κ1) is 12.9. The summed E-state index contributed by atoms with van der Waals surface area (Å²) in [7, 11) is -0.722. The van der Waals surface area contributed by atoms with E-state index in [2.05, 4.69) is 38.2 Å². The minimum atomic E-state index is -0.722. The molecule has 0 aromatic carbocycles. The van der Waals surface area contributed by atoms with Crippen molar-refractivity contribution in [3.8, 4) is 0 Å². The van der Waals surface area contributed by atoms with E-state index < -0.39 is 10.8 Å². The first-order valence-corrected chi connectivity index (χ1v) is 7.66. The number of thiophene rings is 1. The highest BCUT2D eigenvalue weighted by molar-refractivity contribution is 7.84. The van der Waals surface area contributed by atoms with Gasteiger partial charge in [-0.05, 0) is 32.9 Å². The molecule has 1 heterocycles. The molecule has 0 aliphatic carbocycles. The van der Waals surface area contributed by atoms with Gasteiger partial charge in [0.1, 0.15) is 0 Å². The zero-order valence-corrected chi connectivity index (χ0v) is 11.4. The van der Waals surface area contributed by atoms with E-state index in [1.54, 1.807) is 6.26 Å². The zero-order chi connectivity index (χ0) is 11.4. The average Bonchev–Trinajstić information content (AvgIpc) is 2.49. The van der Waals surface area contributed by atoms with E-state index in [4.69, 9.17) is 0 Å². The number of hydrogen-bond donors (Lipinski definition) is 1. The van der Waals surface area contributed by atoms with Crippen LogP contribution in [0, 0.1) is 6.92 Å². The topological polar surface area (TPSA) is 29.1 Å². The van der Waals surface area contributed by atoms with Crippen molar-refractivity contribution in [1.82, 2.24) is 5.32 Å². The summed E-state index contributed by atoms with van der Waals surface area (Å²) in [6, 6.07) is 4.95. The van der Waals surface area contributed by atoms with Gasteiger partial charge < -0.3 is 5.32 Å². The molecule has 0 radical (unpaired) electrons. The summed E-state index contributed by atoms with van der Waals surface area (Å²) in [4.78, 5) is 2.69. The number of rotatable bonds is 5. The molecule has 0 amide bonds. The lowest BCUT2D eigenvalue weighted by molar-refractivity contribution is 0.513. The van der Waals surface area contributed by atoms with Crippen LogP contribution in [0.4, 0.5) is 0 Å². The molecule has 3 unspecified atom stereocenters. The lowest BCUT2D eigenvalue weighted by atomic mass is 10.2. The Bertz CT molecular complexity index is 335. The van der Waals surface area contributed by atoms with Gasteiger partial charge in [0.25, 0.3) is 0 Å². The lowest BCUT2D eigenvalue weighted by Crippen LogP contribution is -2.32. The van der Waals surface area contributed by atoms with Crippen LogP contribution >= 0.6 is 11.3 Å². The normalized spacial score (nSPS) is 17.3. The smallest absolute Gasteiger partial charge is 0.0388 e. The third-order valence-corrected chi connectivity index (χ3v) is 4.36. The summed E-state index contributed by atoms with van der Waals surface area (Å²) in [5.74, 6) is 0.717. The minimum absolute atomic E-state index is 0.299. The fraction of sp³-hybridized carbons (Fsp3) is 0.636. The predicted molar refractivity (Wildman–Crippen MR) is 69.0 cm³/mol. The van der Waals surface area contributed by atoms with Crippen molar-refractivity contribution in [1.29, 1.82) is 0 Å². The predicted octanol–water partition coefficient (Wildman–Crippen LogP) is 2.47. The van der Waals surface area contributed by atoms with Crippen LogP contribution < -0.4 is 5.32 Å². The molecule has 4 heteroatoms. The Morgan fingerprint density at radius 3 is 2.60 bits per heavy atom. The van der Waals surface area contributed by atoms with Gasteiger partial charge in [-0.2, -0.15) is 0 Å². The molecule has 0 fully saturated rings. The molecule has 0 saturated heterocycles. The molecule has 0 spiro atoms. The average molecular weight is 245 g/mol. The van der Waals surface area contributed by atoms with Gasteiger partial charge in [-0.3, -0.25) is 4.21 Å². The van der Waals surface area contributed by atoms with Gasteiger partial charge in [0.2, 0.25) is 0 Å². The second-order valence-corrected chi connectivity index (χ2v) is 6.78. The summed E-state index contributed by atoms with van der Waals surface area (Å²) in [6.07, 6.45) is 1.75. The summed E-state index contributed by atoms with van der Waals surface area (Å²) < 4.78 is 11.0. The number of nitrogens with one attached hydrogen (secondary N) is 1. The van der Waals surface area contributed by atoms with Crippen LogP contribution in [0.15, 0.2) is 12.1 Å². The Balaban J connectivity index is 2.48. The van der Waals surface area contributed by atoms with Crippen LogP contribution in [0.25, 0.3) is 0 Å². The van der Waals surface area contributed by atoms with E-state index in [-0.39, 0.29) is 0 Å². The Hall–Kier alpha value is -0.190. The molecule has 0 saturated carbocycles. The third-order valence-electron chi connectivity index (χ3n) is 2.21. The maximum Gasteiger partial charge on any atom is 0.0388 e. The monoisotopic (exact) mass is 245 g/mol. The van der Waals surface area contributed by atoms with Gasteiger partial charge in [0, 0.05) is 44.6 Å². The van der Waals surface area contributed by atoms with E-state index in [1.807, 2.05) is 11.3 Å². The molecular weight excluding hydrogens is 226 g/mol. The quantitative estimate of drug-likeness (QED) is 0.863. The van der Waals surface area contributed by atoms with Crippen molar-refractivity contribution < 1.29 is 4.21 Å². The van der Waals surface area contributed by atoms with Crippen molar-refractivity contribution in [3.05, 3.63) is 21.9 Å². The van der Waals surface area contributed by atoms with Crippen molar-refractivity contribution in [2.24, 2.45) is 0 Å². The standard InChI is InChI=1S/C11H19NOS2/c1-8(7-15(4)13)12-10(3)11-6-5-9(2)14-11/h5-6,8,10,12H,7H2,1-4H3. The summed E-state index contributed by atoms with van der Waals surface area (Å²) in [5.41, 5.74) is 0. The molecule has 1 rings (SSSR count). The molecule has 0 aliphatic heterocycles. The summed E-state index contributed by atoms with van der Waals surface area (Å²) in [6.45, 7) is 6.35. The van der Waals surface area contributed by atoms with Gasteiger partial charge >= 0.3 is 0 Å². The largest absolute Gasteiger partial charge is 0.306 e. The fourth-order valence-corrected chi connectivity index (χ4v) is 3.28. The van der Waals surface area contributed by atoms with Gasteiger partial charge in [-0.1, -0.05) is 0 Å². The van der Waals surface area contributed by atoms with E-state index in [9.17, 15) is 4.21 Å². The second-order valence-electron chi connectivity index (χ2n) is 3.98. The van der Waals surface area contributed by atoms with Crippen LogP contribution in [0.1, 0.15) is 29.6 Å². The van der Waals surface area contributed by atoms with Crippen LogP contribution in [0.3, 0.4) is 0 Å². The lowest BCUT2D eigenvalue weighted by Gasteiger charge is -2.18. The van der Waals surface area contributed by atoms with Gasteiger partial charge in [-0.15, -0.1) is 11.3 Å². The maximum absolute atomic E-state index is 11.0. The molecule has 15 heavy (non-hydrogen) atoms. The zero-order valence-electron chi connectivity index (χ0n) is 9.74. The van der Waals surface area contributed by atoms with Crippen molar-refractivity contribution in [2.75, 3.05) is 12.0 Å². The molecule has 0 bridgehead atoms. The van der Waals surface area contributed by atoms with E-state index in [0.717, 1.165) is 0 Å². The van der Waals surface area contributed by atoms with Crippen molar-refractivity contribution in [2.45, 2.75) is 32.9 Å². The molecule has 0 aliphatic rings. The van der Waals surface area contributed by atoms with Crippen LogP contribution in [-0.4, -0.2) is 22.3 Å². The van der Waals surface area contributed by atoms with E-state index >= 15 is 0 Å². The second kappa shape index (κ2) is 5.77. The van der Waals surface area contributed by atoms with Crippen LogP contribution in [0.2, 0.25) is 0 Å². The SMILES string of the molecule is Cc1ccc(C(C)NC(C)CS(C)=O)s1. The number of hydrogen-bond acceptors (Lipinski definition) is 3. The molecule has 1 N–H and O–H groups in total. The highest BCUT2D eigenvalue weighted by Crippen LogP contribution is 2.22. The highest BCUT2D eigenvalue weighted by atomic mass is 32.2. The minimum Gasteiger partial charge on any atom is -0.306 e. The Morgan fingerprint density at radius 2 is 2.13 bits per heavy atom. The first-order valence-electron chi connectivity index (χ1n) is 5.11. The van der Waals surface area contributed by atoms with Crippen LogP contribution in [-0.2, 0) is 10.8 Å². The molecule has 1 aromatic heterocycles. The molecule has 2 nitrogen and oxygen atoms in total.